The molecule has 1 aromatic rings. The molecule has 1 rings (SSSR count). The fourth-order valence-corrected chi connectivity index (χ4v) is 2.96. The highest BCUT2D eigenvalue weighted by atomic mass is 32.2. The van der Waals surface area contributed by atoms with E-state index >= 15 is 0 Å². The smallest absolute Gasteiger partial charge is 0.340 e. The zero-order chi connectivity index (χ0) is 18.3. The molecule has 1 aromatic carbocycles. The number of amides is 2. The molecule has 0 aromatic heterocycles. The van der Waals surface area contributed by atoms with Crippen molar-refractivity contribution in [1.82, 2.24) is 10.6 Å². The molecule has 0 spiro atoms. The summed E-state index contributed by atoms with van der Waals surface area (Å²) in [4.78, 5) is 23.4. The predicted molar refractivity (Wildman–Crippen MR) is 91.6 cm³/mol. The lowest BCUT2D eigenvalue weighted by molar-refractivity contribution is 0.0601. The molecule has 9 heteroatoms. The summed E-state index contributed by atoms with van der Waals surface area (Å²) in [5, 5.41) is 5.22. The van der Waals surface area contributed by atoms with Crippen molar-refractivity contribution < 1.29 is 22.7 Å². The fraction of sp³-hybridized carbons (Fsp3) is 0.467. The summed E-state index contributed by atoms with van der Waals surface area (Å²) >= 11 is 0. The number of rotatable bonds is 7. The Kier molecular flexibility index (Phi) is 7.02. The third kappa shape index (κ3) is 5.73. The lowest BCUT2D eigenvalue weighted by Crippen LogP contribution is -2.44. The lowest BCUT2D eigenvalue weighted by atomic mass is 10.2. The van der Waals surface area contributed by atoms with E-state index in [1.807, 2.05) is 13.8 Å². The molecule has 0 aliphatic carbocycles. The first-order valence-electron chi connectivity index (χ1n) is 7.36. The minimum absolute atomic E-state index is 0.0155. The summed E-state index contributed by atoms with van der Waals surface area (Å²) in [6, 6.07) is 5.82. The molecular weight excluding hydrogens is 334 g/mol. The maximum absolute atomic E-state index is 12.1. The van der Waals surface area contributed by atoms with E-state index in [1.165, 1.54) is 19.2 Å². The minimum Gasteiger partial charge on any atom is -0.465 e. The SMILES string of the molecule is COC(=O)c1ccccc1N(CCNC(=O)NC(C)C)S(C)(=O)=O. The number of sulfonamides is 1. The number of carbonyl (C=O) groups is 2. The molecule has 0 atom stereocenters. The summed E-state index contributed by atoms with van der Waals surface area (Å²) in [5.41, 5.74) is 0.343. The van der Waals surface area contributed by atoms with Crippen LogP contribution in [0, 0.1) is 0 Å². The fourth-order valence-electron chi connectivity index (χ4n) is 2.02. The number of nitrogens with zero attached hydrogens (tertiary/aromatic N) is 1. The molecule has 2 N–H and O–H groups in total. The molecule has 134 valence electrons. The van der Waals surface area contributed by atoms with Gasteiger partial charge in [-0.1, -0.05) is 12.1 Å². The van der Waals surface area contributed by atoms with E-state index in [0.717, 1.165) is 10.6 Å². The molecule has 0 bridgehead atoms. The number of hydrogen-bond acceptors (Lipinski definition) is 5. The number of nitrogens with one attached hydrogen (secondary N) is 2. The molecule has 0 saturated heterocycles. The van der Waals surface area contributed by atoms with Gasteiger partial charge in [0, 0.05) is 12.6 Å². The number of benzene rings is 1. The Balaban J connectivity index is 2.97. The number of para-hydroxylation sites is 1. The van der Waals surface area contributed by atoms with Crippen molar-refractivity contribution in [2.45, 2.75) is 19.9 Å². The summed E-state index contributed by atoms with van der Waals surface area (Å²) in [6.07, 6.45) is 1.04. The van der Waals surface area contributed by atoms with Gasteiger partial charge in [0.15, 0.2) is 0 Å². The van der Waals surface area contributed by atoms with Gasteiger partial charge in [0.2, 0.25) is 10.0 Å². The Labute approximate surface area is 142 Å². The van der Waals surface area contributed by atoms with Crippen molar-refractivity contribution in [1.29, 1.82) is 0 Å². The number of anilines is 1. The van der Waals surface area contributed by atoms with E-state index in [9.17, 15) is 18.0 Å². The zero-order valence-corrected chi connectivity index (χ0v) is 15.0. The third-order valence-electron chi connectivity index (χ3n) is 3.00. The summed E-state index contributed by atoms with van der Waals surface area (Å²) in [7, 11) is -2.43. The highest BCUT2D eigenvalue weighted by Gasteiger charge is 2.23. The molecular formula is C15H23N3O5S. The molecule has 2 amide bonds. The van der Waals surface area contributed by atoms with Gasteiger partial charge in [0.25, 0.3) is 0 Å². The Bertz CT molecular complexity index is 688. The average molecular weight is 357 g/mol. The molecule has 0 radical (unpaired) electrons. The van der Waals surface area contributed by atoms with Crippen molar-refractivity contribution in [3.8, 4) is 0 Å². The lowest BCUT2D eigenvalue weighted by Gasteiger charge is -2.24. The van der Waals surface area contributed by atoms with E-state index < -0.39 is 16.0 Å². The Morgan fingerprint density at radius 1 is 1.25 bits per heavy atom. The van der Waals surface area contributed by atoms with Gasteiger partial charge in [-0.15, -0.1) is 0 Å². The van der Waals surface area contributed by atoms with Crippen molar-refractivity contribution in [3.05, 3.63) is 29.8 Å². The second-order valence-corrected chi connectivity index (χ2v) is 7.31. The van der Waals surface area contributed by atoms with Gasteiger partial charge in [0.1, 0.15) is 0 Å². The Morgan fingerprint density at radius 2 is 1.88 bits per heavy atom. The molecule has 0 saturated carbocycles. The normalized spacial score (nSPS) is 11.0. The zero-order valence-electron chi connectivity index (χ0n) is 14.2. The van der Waals surface area contributed by atoms with Crippen LogP contribution < -0.4 is 14.9 Å². The Morgan fingerprint density at radius 3 is 2.42 bits per heavy atom. The average Bonchev–Trinajstić information content (AvgIpc) is 2.49. The standard InChI is InChI=1S/C15H23N3O5S/c1-11(2)17-15(20)16-9-10-18(24(4,21)22)13-8-6-5-7-12(13)14(19)23-3/h5-8,11H,9-10H2,1-4H3,(H2,16,17,20). The number of esters is 1. The van der Waals surface area contributed by atoms with Gasteiger partial charge in [-0.2, -0.15) is 0 Å². The van der Waals surface area contributed by atoms with Crippen LogP contribution in [0.3, 0.4) is 0 Å². The maximum atomic E-state index is 12.1. The van der Waals surface area contributed by atoms with Gasteiger partial charge >= 0.3 is 12.0 Å². The van der Waals surface area contributed by atoms with E-state index in [0.29, 0.717) is 0 Å². The molecule has 0 unspecified atom stereocenters. The summed E-state index contributed by atoms with van der Waals surface area (Å²) in [5.74, 6) is -0.634. The van der Waals surface area contributed by atoms with Crippen LogP contribution in [-0.4, -0.2) is 52.9 Å². The number of hydrogen-bond donors (Lipinski definition) is 2. The minimum atomic E-state index is -3.65. The van der Waals surface area contributed by atoms with E-state index in [1.54, 1.807) is 12.1 Å². The van der Waals surface area contributed by atoms with Gasteiger partial charge in [-0.25, -0.2) is 18.0 Å². The molecule has 24 heavy (non-hydrogen) atoms. The van der Waals surface area contributed by atoms with Gasteiger partial charge in [-0.05, 0) is 26.0 Å². The molecule has 0 heterocycles. The van der Waals surface area contributed by atoms with Crippen LogP contribution in [0.2, 0.25) is 0 Å². The van der Waals surface area contributed by atoms with E-state index in [2.05, 4.69) is 15.4 Å². The molecule has 0 fully saturated rings. The first kappa shape index (κ1) is 19.8. The van der Waals surface area contributed by atoms with Crippen molar-refractivity contribution in [2.24, 2.45) is 0 Å². The van der Waals surface area contributed by atoms with Gasteiger partial charge < -0.3 is 15.4 Å². The quantitative estimate of drug-likeness (QED) is 0.707. The third-order valence-corrected chi connectivity index (χ3v) is 4.18. The van der Waals surface area contributed by atoms with Crippen molar-refractivity contribution in [3.63, 3.8) is 0 Å². The van der Waals surface area contributed by atoms with Crippen LogP contribution in [0.1, 0.15) is 24.2 Å². The molecule has 8 nitrogen and oxygen atoms in total. The van der Waals surface area contributed by atoms with E-state index in [4.69, 9.17) is 0 Å². The van der Waals surface area contributed by atoms with Crippen LogP contribution in [-0.2, 0) is 14.8 Å². The molecule has 0 aliphatic heterocycles. The first-order valence-corrected chi connectivity index (χ1v) is 9.21. The highest BCUT2D eigenvalue weighted by molar-refractivity contribution is 7.92. The second kappa shape index (κ2) is 8.53. The maximum Gasteiger partial charge on any atom is 0.340 e. The monoisotopic (exact) mass is 357 g/mol. The van der Waals surface area contributed by atoms with E-state index in [-0.39, 0.29) is 36.4 Å². The summed E-state index contributed by atoms with van der Waals surface area (Å²) in [6.45, 7) is 3.70. The number of carbonyl (C=O) groups excluding carboxylic acids is 2. The van der Waals surface area contributed by atoms with Crippen molar-refractivity contribution >= 4 is 27.7 Å². The van der Waals surface area contributed by atoms with Crippen LogP contribution in [0.4, 0.5) is 10.5 Å². The highest BCUT2D eigenvalue weighted by Crippen LogP contribution is 2.23. The molecule has 0 aliphatic rings. The topological polar surface area (TPSA) is 105 Å². The van der Waals surface area contributed by atoms with Crippen LogP contribution in [0.15, 0.2) is 24.3 Å². The number of urea groups is 1. The Hall–Kier alpha value is -2.29. The first-order chi connectivity index (χ1) is 11.2. The van der Waals surface area contributed by atoms with Crippen LogP contribution in [0.5, 0.6) is 0 Å². The number of methoxy groups -OCH3 is 1. The van der Waals surface area contributed by atoms with Crippen LogP contribution in [0.25, 0.3) is 0 Å². The summed E-state index contributed by atoms with van der Waals surface area (Å²) < 4.78 is 29.9. The van der Waals surface area contributed by atoms with Crippen molar-refractivity contribution in [2.75, 3.05) is 30.8 Å². The van der Waals surface area contributed by atoms with Gasteiger partial charge in [0.05, 0.1) is 31.2 Å². The predicted octanol–water partition coefficient (Wildman–Crippen LogP) is 0.947. The van der Waals surface area contributed by atoms with Crippen LogP contribution >= 0.6 is 0 Å². The second-order valence-electron chi connectivity index (χ2n) is 5.40. The van der Waals surface area contributed by atoms with Gasteiger partial charge in [-0.3, -0.25) is 4.31 Å². The largest absolute Gasteiger partial charge is 0.465 e. The number of ether oxygens (including phenoxy) is 1.